The Morgan fingerprint density at radius 3 is 2.39 bits per heavy atom. The Hall–Kier alpha value is -3.12. The van der Waals surface area contributed by atoms with Crippen molar-refractivity contribution in [2.45, 2.75) is 9.59 Å². The van der Waals surface area contributed by atoms with Gasteiger partial charge in [0.1, 0.15) is 5.75 Å². The van der Waals surface area contributed by atoms with Gasteiger partial charge in [0.25, 0.3) is 0 Å². The van der Waals surface area contributed by atoms with Gasteiger partial charge in [0.05, 0.1) is 21.2 Å². The lowest BCUT2D eigenvalue weighted by molar-refractivity contribution is 0.474. The molecule has 0 saturated carbocycles. The highest BCUT2D eigenvalue weighted by Crippen LogP contribution is 2.43. The second-order valence-corrected chi connectivity index (χ2v) is 10.2. The summed E-state index contributed by atoms with van der Waals surface area (Å²) < 4.78 is 2.07. The van der Waals surface area contributed by atoms with Gasteiger partial charge in [-0.25, -0.2) is 4.98 Å². The first-order valence-corrected chi connectivity index (χ1v) is 12.4. The SMILES string of the molecule is Oc1ccccc1C=Nc1ccc2nc(S[C@@H](c3ccccc3)c3ccc(Cl)cc3)sc2c1. The molecule has 1 heterocycles. The lowest BCUT2D eigenvalue weighted by Gasteiger charge is -2.16. The van der Waals surface area contributed by atoms with Gasteiger partial charge in [-0.1, -0.05) is 78.0 Å². The van der Waals surface area contributed by atoms with E-state index in [1.165, 1.54) is 11.1 Å². The minimum atomic E-state index is 0.113. The molecule has 0 bridgehead atoms. The summed E-state index contributed by atoms with van der Waals surface area (Å²) in [7, 11) is 0. The van der Waals surface area contributed by atoms with Crippen molar-refractivity contribution in [3.8, 4) is 5.75 Å². The quantitative estimate of drug-likeness (QED) is 0.194. The molecule has 0 spiro atoms. The molecule has 0 saturated heterocycles. The Bertz CT molecular complexity index is 1420. The normalized spacial score (nSPS) is 12.4. The predicted molar refractivity (Wildman–Crippen MR) is 141 cm³/mol. The molecule has 5 rings (SSSR count). The van der Waals surface area contributed by atoms with Crippen LogP contribution in [0.15, 0.2) is 106 Å². The Morgan fingerprint density at radius 2 is 1.61 bits per heavy atom. The first-order valence-electron chi connectivity index (χ1n) is 10.4. The van der Waals surface area contributed by atoms with Gasteiger partial charge in [0.2, 0.25) is 0 Å². The minimum Gasteiger partial charge on any atom is -0.507 e. The number of phenols is 1. The fourth-order valence-corrected chi connectivity index (χ4v) is 6.00. The van der Waals surface area contributed by atoms with E-state index in [9.17, 15) is 5.11 Å². The fourth-order valence-electron chi connectivity index (χ4n) is 3.46. The van der Waals surface area contributed by atoms with Gasteiger partial charge < -0.3 is 5.11 Å². The summed E-state index contributed by atoms with van der Waals surface area (Å²) in [4.78, 5) is 9.39. The number of thioether (sulfide) groups is 1. The number of aliphatic imine (C=N–C) groups is 1. The largest absolute Gasteiger partial charge is 0.507 e. The Morgan fingerprint density at radius 1 is 0.879 bits per heavy atom. The van der Waals surface area contributed by atoms with Crippen LogP contribution in [0.3, 0.4) is 0 Å². The number of aromatic hydroxyl groups is 1. The van der Waals surface area contributed by atoms with Gasteiger partial charge in [-0.15, -0.1) is 11.3 Å². The van der Waals surface area contributed by atoms with Crippen molar-refractivity contribution in [1.82, 2.24) is 4.98 Å². The van der Waals surface area contributed by atoms with Crippen LogP contribution in [0.4, 0.5) is 5.69 Å². The highest BCUT2D eigenvalue weighted by molar-refractivity contribution is 8.01. The zero-order valence-corrected chi connectivity index (χ0v) is 19.8. The number of benzene rings is 4. The van der Waals surface area contributed by atoms with Crippen molar-refractivity contribution in [2.75, 3.05) is 0 Å². The number of halogens is 1. The monoisotopic (exact) mass is 486 g/mol. The molecule has 0 fully saturated rings. The van der Waals surface area contributed by atoms with Crippen LogP contribution < -0.4 is 0 Å². The average Bonchev–Trinajstić information content (AvgIpc) is 3.25. The number of hydrogen-bond donors (Lipinski definition) is 1. The maximum Gasteiger partial charge on any atom is 0.152 e. The summed E-state index contributed by atoms with van der Waals surface area (Å²) in [6, 6.07) is 31.6. The molecule has 162 valence electrons. The number of nitrogens with zero attached hydrogens (tertiary/aromatic N) is 2. The van der Waals surface area contributed by atoms with E-state index < -0.39 is 0 Å². The van der Waals surface area contributed by atoms with Crippen LogP contribution in [0.25, 0.3) is 10.2 Å². The van der Waals surface area contributed by atoms with E-state index in [-0.39, 0.29) is 11.0 Å². The molecule has 5 aromatic rings. The van der Waals surface area contributed by atoms with Gasteiger partial charge in [-0.05, 0) is 53.6 Å². The first kappa shape index (κ1) is 21.7. The number of thiazole rings is 1. The highest BCUT2D eigenvalue weighted by atomic mass is 35.5. The molecule has 4 aromatic carbocycles. The third-order valence-electron chi connectivity index (χ3n) is 5.14. The van der Waals surface area contributed by atoms with Crippen molar-refractivity contribution in [3.63, 3.8) is 0 Å². The smallest absolute Gasteiger partial charge is 0.152 e. The zero-order chi connectivity index (χ0) is 22.6. The summed E-state index contributed by atoms with van der Waals surface area (Å²) >= 11 is 9.52. The first-order chi connectivity index (χ1) is 16.2. The molecule has 6 heteroatoms. The maximum atomic E-state index is 9.94. The van der Waals surface area contributed by atoms with Gasteiger partial charge in [0, 0.05) is 16.8 Å². The summed E-state index contributed by atoms with van der Waals surface area (Å²) in [5, 5.41) is 10.8. The van der Waals surface area contributed by atoms with Crippen molar-refractivity contribution in [3.05, 3.63) is 119 Å². The van der Waals surface area contributed by atoms with E-state index in [0.29, 0.717) is 5.56 Å². The van der Waals surface area contributed by atoms with Crippen LogP contribution in [0, 0.1) is 0 Å². The van der Waals surface area contributed by atoms with Crippen molar-refractivity contribution in [2.24, 2.45) is 4.99 Å². The van der Waals surface area contributed by atoms with Crippen LogP contribution in [0.1, 0.15) is 21.9 Å². The molecular weight excluding hydrogens is 468 g/mol. The summed E-state index contributed by atoms with van der Waals surface area (Å²) in [5.41, 5.74) is 4.86. The van der Waals surface area contributed by atoms with Crippen LogP contribution in [-0.2, 0) is 0 Å². The van der Waals surface area contributed by atoms with Gasteiger partial charge >= 0.3 is 0 Å². The van der Waals surface area contributed by atoms with Crippen molar-refractivity contribution < 1.29 is 5.11 Å². The third-order valence-corrected chi connectivity index (χ3v) is 7.81. The van der Waals surface area contributed by atoms with E-state index in [4.69, 9.17) is 16.6 Å². The lowest BCUT2D eigenvalue weighted by atomic mass is 10.0. The molecule has 0 unspecified atom stereocenters. The van der Waals surface area contributed by atoms with Gasteiger partial charge in [0.15, 0.2) is 4.34 Å². The van der Waals surface area contributed by atoms with Gasteiger partial charge in [-0.3, -0.25) is 4.99 Å². The standard InChI is InChI=1S/C27H19ClN2OS2/c28-21-12-10-19(11-13-21)26(18-6-2-1-3-7-18)33-27-30-23-15-14-22(16-25(23)32-27)29-17-20-8-4-5-9-24(20)31/h1-17,26,31H/t26-/m0/s1. The fraction of sp³-hybridized carbons (Fsp3) is 0.0370. The van der Waals surface area contributed by atoms with Crippen LogP contribution in [-0.4, -0.2) is 16.3 Å². The van der Waals surface area contributed by atoms with E-state index >= 15 is 0 Å². The van der Waals surface area contributed by atoms with Crippen molar-refractivity contribution in [1.29, 1.82) is 0 Å². The third kappa shape index (κ3) is 5.11. The number of aromatic nitrogens is 1. The zero-order valence-electron chi connectivity index (χ0n) is 17.4. The molecule has 0 aliphatic heterocycles. The molecule has 1 N–H and O–H groups in total. The average molecular weight is 487 g/mol. The number of hydrogen-bond acceptors (Lipinski definition) is 5. The van der Waals surface area contributed by atoms with E-state index in [1.807, 2.05) is 48.5 Å². The maximum absolute atomic E-state index is 9.94. The molecule has 1 atom stereocenters. The summed E-state index contributed by atoms with van der Waals surface area (Å²) in [6.45, 7) is 0. The van der Waals surface area contributed by atoms with E-state index in [1.54, 1.807) is 41.4 Å². The Balaban J connectivity index is 1.44. The molecule has 3 nitrogen and oxygen atoms in total. The van der Waals surface area contributed by atoms with E-state index in [2.05, 4.69) is 41.4 Å². The lowest BCUT2D eigenvalue weighted by Crippen LogP contribution is -1.96. The second kappa shape index (κ2) is 9.79. The second-order valence-electron chi connectivity index (χ2n) is 7.41. The van der Waals surface area contributed by atoms with Gasteiger partial charge in [-0.2, -0.15) is 0 Å². The van der Waals surface area contributed by atoms with Crippen molar-refractivity contribution >= 4 is 56.8 Å². The number of para-hydroxylation sites is 1. The van der Waals surface area contributed by atoms with Crippen LogP contribution in [0.5, 0.6) is 5.75 Å². The molecule has 1 aromatic heterocycles. The number of fused-ring (bicyclic) bond motifs is 1. The predicted octanol–water partition coefficient (Wildman–Crippen LogP) is 8.29. The Labute approximate surface area is 205 Å². The summed E-state index contributed by atoms with van der Waals surface area (Å²) in [6.07, 6.45) is 1.68. The topological polar surface area (TPSA) is 45.5 Å². The number of rotatable bonds is 6. The molecule has 0 radical (unpaired) electrons. The molecule has 0 aliphatic rings. The molecular formula is C27H19ClN2OS2. The summed E-state index contributed by atoms with van der Waals surface area (Å²) in [5.74, 6) is 0.216. The molecule has 33 heavy (non-hydrogen) atoms. The van der Waals surface area contributed by atoms with Crippen LogP contribution in [0.2, 0.25) is 5.02 Å². The molecule has 0 amide bonds. The van der Waals surface area contributed by atoms with E-state index in [0.717, 1.165) is 25.3 Å². The molecule has 0 aliphatic carbocycles. The minimum absolute atomic E-state index is 0.113. The number of phenolic OH excluding ortho intramolecular Hbond substituents is 1. The highest BCUT2D eigenvalue weighted by Gasteiger charge is 2.18. The van der Waals surface area contributed by atoms with Crippen LogP contribution >= 0.6 is 34.7 Å². The Kier molecular flexibility index (Phi) is 6.44.